The van der Waals surface area contributed by atoms with Crippen LogP contribution in [-0.2, 0) is 6.54 Å². The van der Waals surface area contributed by atoms with E-state index in [1.54, 1.807) is 18.3 Å². The van der Waals surface area contributed by atoms with E-state index >= 15 is 0 Å². The number of furan rings is 1. The van der Waals surface area contributed by atoms with Gasteiger partial charge in [-0.3, -0.25) is 4.79 Å². The van der Waals surface area contributed by atoms with Crippen LogP contribution in [0.1, 0.15) is 29.1 Å². The zero-order valence-electron chi connectivity index (χ0n) is 11.1. The third kappa shape index (κ3) is 2.79. The second kappa shape index (κ2) is 5.73. The van der Waals surface area contributed by atoms with Gasteiger partial charge in [0.2, 0.25) is 5.95 Å². The van der Waals surface area contributed by atoms with Gasteiger partial charge in [-0.05, 0) is 31.0 Å². The predicted octanol–water partition coefficient (Wildman–Crippen LogP) is 1.60. The minimum atomic E-state index is -0.240. The summed E-state index contributed by atoms with van der Waals surface area (Å²) in [6.07, 6.45) is 5.58. The molecule has 1 N–H and O–H groups in total. The summed E-state index contributed by atoms with van der Waals surface area (Å²) >= 11 is 0. The number of carbonyl (C=O) groups is 1. The molecule has 0 radical (unpaired) electrons. The topological polar surface area (TPSA) is 71.3 Å². The largest absolute Gasteiger partial charge is 0.459 e. The van der Waals surface area contributed by atoms with Crippen molar-refractivity contribution in [3.05, 3.63) is 42.1 Å². The molecule has 104 valence electrons. The Balaban J connectivity index is 1.62. The Morgan fingerprint density at radius 1 is 1.35 bits per heavy atom. The van der Waals surface area contributed by atoms with E-state index in [4.69, 9.17) is 4.42 Å². The quantitative estimate of drug-likeness (QED) is 0.915. The Morgan fingerprint density at radius 2 is 2.20 bits per heavy atom. The van der Waals surface area contributed by atoms with Gasteiger partial charge >= 0.3 is 0 Å². The molecule has 1 amide bonds. The van der Waals surface area contributed by atoms with Gasteiger partial charge in [-0.25, -0.2) is 9.97 Å². The number of hydrogen-bond acceptors (Lipinski definition) is 5. The monoisotopic (exact) mass is 272 g/mol. The van der Waals surface area contributed by atoms with Crippen LogP contribution in [0.5, 0.6) is 0 Å². The molecule has 1 aliphatic rings. The third-order valence-electron chi connectivity index (χ3n) is 3.26. The summed E-state index contributed by atoms with van der Waals surface area (Å²) in [7, 11) is 0. The molecule has 0 unspecified atom stereocenters. The fourth-order valence-corrected chi connectivity index (χ4v) is 2.22. The number of amides is 1. The van der Waals surface area contributed by atoms with Crippen molar-refractivity contribution in [1.82, 2.24) is 15.3 Å². The van der Waals surface area contributed by atoms with E-state index in [0.717, 1.165) is 24.7 Å². The minimum Gasteiger partial charge on any atom is -0.459 e. The molecule has 0 aliphatic carbocycles. The summed E-state index contributed by atoms with van der Waals surface area (Å²) in [4.78, 5) is 22.7. The Morgan fingerprint density at radius 3 is 2.95 bits per heavy atom. The van der Waals surface area contributed by atoms with Crippen molar-refractivity contribution in [2.24, 2.45) is 0 Å². The highest BCUT2D eigenvalue weighted by atomic mass is 16.3. The summed E-state index contributed by atoms with van der Waals surface area (Å²) in [5.74, 6) is 0.808. The Labute approximate surface area is 116 Å². The first-order valence-electron chi connectivity index (χ1n) is 6.71. The molecule has 3 rings (SSSR count). The summed E-state index contributed by atoms with van der Waals surface area (Å²) in [5.41, 5.74) is 0.793. The van der Waals surface area contributed by atoms with Crippen LogP contribution in [0.2, 0.25) is 0 Å². The maximum Gasteiger partial charge on any atom is 0.287 e. The number of rotatable bonds is 4. The number of nitrogens with zero attached hydrogens (tertiary/aromatic N) is 3. The molecule has 1 saturated heterocycles. The van der Waals surface area contributed by atoms with Gasteiger partial charge in [0.15, 0.2) is 5.76 Å². The smallest absolute Gasteiger partial charge is 0.287 e. The Kier molecular flexibility index (Phi) is 3.62. The molecule has 0 spiro atoms. The van der Waals surface area contributed by atoms with Gasteiger partial charge in [0.05, 0.1) is 18.5 Å². The van der Waals surface area contributed by atoms with Crippen molar-refractivity contribution < 1.29 is 9.21 Å². The maximum atomic E-state index is 11.8. The fourth-order valence-electron chi connectivity index (χ4n) is 2.22. The Bertz CT molecular complexity index is 577. The number of anilines is 1. The van der Waals surface area contributed by atoms with Crippen molar-refractivity contribution in [3.63, 3.8) is 0 Å². The predicted molar refractivity (Wildman–Crippen MR) is 73.4 cm³/mol. The van der Waals surface area contributed by atoms with Crippen molar-refractivity contribution in [3.8, 4) is 0 Å². The lowest BCUT2D eigenvalue weighted by atomic mass is 10.3. The molecule has 0 saturated carbocycles. The second-order valence-corrected chi connectivity index (χ2v) is 4.70. The summed E-state index contributed by atoms with van der Waals surface area (Å²) in [5, 5.41) is 2.78. The SMILES string of the molecule is O=C(NCc1ccnc(N2CCCC2)n1)c1ccco1. The van der Waals surface area contributed by atoms with E-state index in [-0.39, 0.29) is 5.91 Å². The molecule has 2 aromatic rings. The lowest BCUT2D eigenvalue weighted by Crippen LogP contribution is -2.24. The van der Waals surface area contributed by atoms with Gasteiger partial charge in [0, 0.05) is 19.3 Å². The average Bonchev–Trinajstić information content (AvgIpc) is 3.17. The van der Waals surface area contributed by atoms with E-state index in [1.807, 2.05) is 6.07 Å². The lowest BCUT2D eigenvalue weighted by molar-refractivity contribution is 0.0922. The second-order valence-electron chi connectivity index (χ2n) is 4.70. The first-order valence-corrected chi connectivity index (χ1v) is 6.71. The molecule has 1 aliphatic heterocycles. The van der Waals surface area contributed by atoms with Crippen LogP contribution >= 0.6 is 0 Å². The molecule has 20 heavy (non-hydrogen) atoms. The molecule has 0 atom stereocenters. The van der Waals surface area contributed by atoms with Crippen LogP contribution < -0.4 is 10.2 Å². The highest BCUT2D eigenvalue weighted by Gasteiger charge is 2.15. The number of nitrogens with one attached hydrogen (secondary N) is 1. The van der Waals surface area contributed by atoms with Crippen molar-refractivity contribution in [2.75, 3.05) is 18.0 Å². The molecule has 6 heteroatoms. The molecule has 6 nitrogen and oxygen atoms in total. The normalized spacial score (nSPS) is 14.5. The first kappa shape index (κ1) is 12.7. The van der Waals surface area contributed by atoms with Crippen molar-refractivity contribution in [2.45, 2.75) is 19.4 Å². The third-order valence-corrected chi connectivity index (χ3v) is 3.26. The van der Waals surface area contributed by atoms with Crippen LogP contribution in [0, 0.1) is 0 Å². The minimum absolute atomic E-state index is 0.240. The van der Waals surface area contributed by atoms with Crippen LogP contribution in [0.3, 0.4) is 0 Å². The van der Waals surface area contributed by atoms with Gasteiger partial charge < -0.3 is 14.6 Å². The molecule has 2 aromatic heterocycles. The van der Waals surface area contributed by atoms with Crippen LogP contribution in [-0.4, -0.2) is 29.0 Å². The van der Waals surface area contributed by atoms with Gasteiger partial charge in [-0.2, -0.15) is 0 Å². The summed E-state index contributed by atoms with van der Waals surface area (Å²) < 4.78 is 5.04. The summed E-state index contributed by atoms with van der Waals surface area (Å²) in [6, 6.07) is 5.12. The zero-order valence-corrected chi connectivity index (χ0v) is 11.1. The van der Waals surface area contributed by atoms with Gasteiger partial charge in [-0.15, -0.1) is 0 Å². The van der Waals surface area contributed by atoms with Gasteiger partial charge in [0.25, 0.3) is 5.91 Å². The number of carbonyl (C=O) groups excluding carboxylic acids is 1. The van der Waals surface area contributed by atoms with Crippen LogP contribution in [0.4, 0.5) is 5.95 Å². The van der Waals surface area contributed by atoms with Crippen LogP contribution in [0.15, 0.2) is 35.1 Å². The molecule has 1 fully saturated rings. The van der Waals surface area contributed by atoms with Gasteiger partial charge in [-0.1, -0.05) is 0 Å². The first-order chi connectivity index (χ1) is 9.83. The number of aromatic nitrogens is 2. The van der Waals surface area contributed by atoms with Crippen molar-refractivity contribution in [1.29, 1.82) is 0 Å². The molecule has 0 bridgehead atoms. The highest BCUT2D eigenvalue weighted by molar-refractivity contribution is 5.91. The average molecular weight is 272 g/mol. The van der Waals surface area contributed by atoms with Crippen molar-refractivity contribution >= 4 is 11.9 Å². The Hall–Kier alpha value is -2.37. The number of hydrogen-bond donors (Lipinski definition) is 1. The highest BCUT2D eigenvalue weighted by Crippen LogP contribution is 2.15. The maximum absolute atomic E-state index is 11.8. The van der Waals surface area contributed by atoms with E-state index in [0.29, 0.717) is 12.3 Å². The van der Waals surface area contributed by atoms with E-state index in [1.165, 1.54) is 19.1 Å². The molecular weight excluding hydrogens is 256 g/mol. The fraction of sp³-hybridized carbons (Fsp3) is 0.357. The van der Waals surface area contributed by atoms with E-state index in [2.05, 4.69) is 20.2 Å². The standard InChI is InChI=1S/C14H16N4O2/c19-13(12-4-3-9-20-12)16-10-11-5-6-15-14(17-11)18-7-1-2-8-18/h3-6,9H,1-2,7-8,10H2,(H,16,19). The molecule has 3 heterocycles. The van der Waals surface area contributed by atoms with E-state index in [9.17, 15) is 4.79 Å². The van der Waals surface area contributed by atoms with E-state index < -0.39 is 0 Å². The van der Waals surface area contributed by atoms with Crippen LogP contribution in [0.25, 0.3) is 0 Å². The zero-order chi connectivity index (χ0) is 13.8. The molecular formula is C14H16N4O2. The summed E-state index contributed by atoms with van der Waals surface area (Å²) in [6.45, 7) is 2.37. The van der Waals surface area contributed by atoms with Gasteiger partial charge in [0.1, 0.15) is 0 Å². The molecule has 0 aromatic carbocycles. The lowest BCUT2D eigenvalue weighted by Gasteiger charge is -2.15.